The summed E-state index contributed by atoms with van der Waals surface area (Å²) >= 11 is 0. The van der Waals surface area contributed by atoms with E-state index in [9.17, 15) is 9.59 Å². The van der Waals surface area contributed by atoms with Gasteiger partial charge < -0.3 is 9.15 Å². The molecule has 0 N–H and O–H groups in total. The fraction of sp³-hybridized carbons (Fsp3) is 0.727. The zero-order valence-corrected chi connectivity index (χ0v) is 16.7. The van der Waals surface area contributed by atoms with Gasteiger partial charge in [0.15, 0.2) is 11.9 Å². The molecule has 6 atom stereocenters. The number of Topliss-reactive ketones (excluding diaryl/α,β-unsaturated/α-hetero) is 1. The Morgan fingerprint density at radius 3 is 2.69 bits per heavy atom. The number of hydrogen-bond donors (Lipinski definition) is 0. The molecule has 2 aliphatic rings. The molecular weight excluding hydrogens is 328 g/mol. The zero-order chi connectivity index (χ0) is 19.1. The quantitative estimate of drug-likeness (QED) is 0.723. The Kier molecular flexibility index (Phi) is 5.06. The van der Waals surface area contributed by atoms with Crippen LogP contribution in [0.3, 0.4) is 0 Å². The molecule has 0 spiro atoms. The molecule has 0 radical (unpaired) electrons. The Morgan fingerprint density at radius 2 is 2.08 bits per heavy atom. The van der Waals surface area contributed by atoms with E-state index in [0.717, 1.165) is 25.7 Å². The molecule has 0 bridgehead atoms. The van der Waals surface area contributed by atoms with E-state index in [1.165, 1.54) is 12.5 Å². The van der Waals surface area contributed by atoms with E-state index in [-0.39, 0.29) is 28.5 Å². The van der Waals surface area contributed by atoms with Crippen molar-refractivity contribution in [3.63, 3.8) is 0 Å². The average Bonchev–Trinajstić information content (AvgIpc) is 3.10. The van der Waals surface area contributed by atoms with Crippen LogP contribution in [0.2, 0.25) is 0 Å². The van der Waals surface area contributed by atoms with Crippen LogP contribution in [0.1, 0.15) is 65.9 Å². The highest BCUT2D eigenvalue weighted by atomic mass is 16.5. The molecule has 0 aliphatic heterocycles. The van der Waals surface area contributed by atoms with Crippen LogP contribution in [-0.2, 0) is 20.7 Å². The van der Waals surface area contributed by atoms with E-state index < -0.39 is 6.10 Å². The standard InChI is InChI=1S/C22H32O4/c1-14-6-9-22(5)15(2)20(24)18(26-16(3)23)12-19(22)21(14,4)10-7-17-8-11-25-13-17/h8,11,13-15,18-19H,6-7,9-10,12H2,1-5H3/t14-,15-,18-,19-,21+,22+/m1/s1. The summed E-state index contributed by atoms with van der Waals surface area (Å²) in [6.45, 7) is 10.4. The third-order valence-corrected chi connectivity index (χ3v) is 7.86. The first-order valence-electron chi connectivity index (χ1n) is 9.90. The van der Waals surface area contributed by atoms with Crippen LogP contribution in [0.5, 0.6) is 0 Å². The van der Waals surface area contributed by atoms with Gasteiger partial charge in [0.05, 0.1) is 12.5 Å². The Hall–Kier alpha value is -1.58. The van der Waals surface area contributed by atoms with E-state index >= 15 is 0 Å². The fourth-order valence-electron chi connectivity index (χ4n) is 5.69. The molecule has 3 rings (SSSR count). The lowest BCUT2D eigenvalue weighted by Gasteiger charge is -2.60. The van der Waals surface area contributed by atoms with Gasteiger partial charge in [-0.15, -0.1) is 0 Å². The van der Waals surface area contributed by atoms with Gasteiger partial charge in [-0.3, -0.25) is 9.59 Å². The van der Waals surface area contributed by atoms with Gasteiger partial charge in [-0.25, -0.2) is 0 Å². The third kappa shape index (κ3) is 3.12. The maximum absolute atomic E-state index is 12.9. The van der Waals surface area contributed by atoms with Crippen LogP contribution in [-0.4, -0.2) is 17.9 Å². The van der Waals surface area contributed by atoms with Crippen LogP contribution in [0.25, 0.3) is 0 Å². The molecule has 2 saturated carbocycles. The summed E-state index contributed by atoms with van der Waals surface area (Å²) in [5.74, 6) is 0.605. The van der Waals surface area contributed by atoms with E-state index in [4.69, 9.17) is 9.15 Å². The fourth-order valence-corrected chi connectivity index (χ4v) is 5.69. The van der Waals surface area contributed by atoms with E-state index in [2.05, 4.69) is 20.8 Å². The van der Waals surface area contributed by atoms with Gasteiger partial charge in [0.2, 0.25) is 0 Å². The summed E-state index contributed by atoms with van der Waals surface area (Å²) in [5, 5.41) is 0. The van der Waals surface area contributed by atoms with Crippen molar-refractivity contribution in [1.29, 1.82) is 0 Å². The molecule has 2 fully saturated rings. The molecule has 1 heterocycles. The summed E-state index contributed by atoms with van der Waals surface area (Å²) in [7, 11) is 0. The predicted octanol–water partition coefficient (Wildman–Crippen LogP) is 4.81. The Morgan fingerprint density at radius 1 is 1.35 bits per heavy atom. The molecule has 1 aromatic heterocycles. The van der Waals surface area contributed by atoms with Crippen molar-refractivity contribution in [3.05, 3.63) is 24.2 Å². The molecule has 4 heteroatoms. The van der Waals surface area contributed by atoms with Crippen molar-refractivity contribution in [2.24, 2.45) is 28.6 Å². The number of carbonyl (C=O) groups excluding carboxylic acids is 2. The van der Waals surface area contributed by atoms with Gasteiger partial charge in [-0.2, -0.15) is 0 Å². The van der Waals surface area contributed by atoms with Crippen molar-refractivity contribution >= 4 is 11.8 Å². The maximum atomic E-state index is 12.9. The van der Waals surface area contributed by atoms with E-state index in [0.29, 0.717) is 18.3 Å². The van der Waals surface area contributed by atoms with Crippen LogP contribution < -0.4 is 0 Å². The van der Waals surface area contributed by atoms with Gasteiger partial charge >= 0.3 is 5.97 Å². The van der Waals surface area contributed by atoms with Gasteiger partial charge in [0.25, 0.3) is 0 Å². The van der Waals surface area contributed by atoms with E-state index in [1.807, 2.05) is 19.3 Å². The first kappa shape index (κ1) is 19.2. The zero-order valence-electron chi connectivity index (χ0n) is 16.7. The largest absolute Gasteiger partial charge is 0.472 e. The number of furan rings is 1. The first-order valence-corrected chi connectivity index (χ1v) is 9.90. The highest BCUT2D eigenvalue weighted by Crippen LogP contribution is 2.62. The highest BCUT2D eigenvalue weighted by Gasteiger charge is 2.59. The Balaban J connectivity index is 1.90. The van der Waals surface area contributed by atoms with Crippen molar-refractivity contribution in [2.45, 2.75) is 72.8 Å². The minimum Gasteiger partial charge on any atom is -0.472 e. The molecule has 0 amide bonds. The summed E-state index contributed by atoms with van der Waals surface area (Å²) < 4.78 is 10.7. The summed E-state index contributed by atoms with van der Waals surface area (Å²) in [6, 6.07) is 2.03. The topological polar surface area (TPSA) is 56.5 Å². The van der Waals surface area contributed by atoms with E-state index in [1.54, 1.807) is 6.26 Å². The molecule has 4 nitrogen and oxygen atoms in total. The van der Waals surface area contributed by atoms with Gasteiger partial charge in [-0.05, 0) is 66.4 Å². The van der Waals surface area contributed by atoms with Crippen molar-refractivity contribution in [3.8, 4) is 0 Å². The van der Waals surface area contributed by atoms with Crippen LogP contribution in [0.4, 0.5) is 0 Å². The summed E-state index contributed by atoms with van der Waals surface area (Å²) in [5.41, 5.74) is 1.31. The molecule has 0 aromatic carbocycles. The van der Waals surface area contributed by atoms with Crippen LogP contribution >= 0.6 is 0 Å². The predicted molar refractivity (Wildman–Crippen MR) is 99.5 cm³/mol. The SMILES string of the molecule is CC(=O)O[C@@H]1C[C@@H]2[C@@](C)(CCc3ccoc3)[C@H](C)CC[C@@]2(C)[C@H](C)C1=O. The Bertz CT molecular complexity index is 664. The number of fused-ring (bicyclic) bond motifs is 1. The van der Waals surface area contributed by atoms with Gasteiger partial charge in [-0.1, -0.05) is 27.7 Å². The number of esters is 1. The monoisotopic (exact) mass is 360 g/mol. The highest BCUT2D eigenvalue weighted by molar-refractivity contribution is 5.88. The average molecular weight is 360 g/mol. The number of aryl methyl sites for hydroxylation is 1. The minimum absolute atomic E-state index is 0.0224. The molecular formula is C22H32O4. The molecule has 2 aliphatic carbocycles. The normalized spacial score (nSPS) is 40.1. The smallest absolute Gasteiger partial charge is 0.303 e. The molecule has 0 unspecified atom stereocenters. The second-order valence-electron chi connectivity index (χ2n) is 9.09. The molecule has 26 heavy (non-hydrogen) atoms. The lowest BCUT2D eigenvalue weighted by atomic mass is 9.44. The second-order valence-corrected chi connectivity index (χ2v) is 9.09. The Labute approximate surface area is 156 Å². The second kappa shape index (κ2) is 6.86. The lowest BCUT2D eigenvalue weighted by Crippen LogP contribution is -2.58. The van der Waals surface area contributed by atoms with Crippen molar-refractivity contribution in [2.75, 3.05) is 0 Å². The number of ether oxygens (including phenoxy) is 1. The van der Waals surface area contributed by atoms with Gasteiger partial charge in [0.1, 0.15) is 0 Å². The first-order chi connectivity index (χ1) is 12.2. The van der Waals surface area contributed by atoms with Crippen molar-refractivity contribution in [1.82, 2.24) is 0 Å². The summed E-state index contributed by atoms with van der Waals surface area (Å²) in [6.07, 6.45) is 7.87. The lowest BCUT2D eigenvalue weighted by molar-refractivity contribution is -0.178. The number of carbonyl (C=O) groups is 2. The number of ketones is 1. The third-order valence-electron chi connectivity index (χ3n) is 7.86. The summed E-state index contributed by atoms with van der Waals surface area (Å²) in [4.78, 5) is 24.4. The van der Waals surface area contributed by atoms with Crippen LogP contribution in [0, 0.1) is 28.6 Å². The van der Waals surface area contributed by atoms with Crippen LogP contribution in [0.15, 0.2) is 23.0 Å². The van der Waals surface area contributed by atoms with Crippen molar-refractivity contribution < 1.29 is 18.7 Å². The minimum atomic E-state index is -0.584. The van der Waals surface area contributed by atoms with Gasteiger partial charge in [0, 0.05) is 12.8 Å². The number of rotatable bonds is 4. The molecule has 144 valence electrons. The molecule has 0 saturated heterocycles. The maximum Gasteiger partial charge on any atom is 0.303 e. The number of hydrogen-bond acceptors (Lipinski definition) is 4. The molecule has 1 aromatic rings.